The van der Waals surface area contributed by atoms with Gasteiger partial charge in [-0.1, -0.05) is 23.5 Å². The standard InChI is InChI=1S/C22H18FN3O3S2/c1-13-10-14(2)20-19(11-13)30-22(24-20)25-21(27)15-4-3-5-17(12-15)26-31(28,29)18-8-6-16(23)7-9-18/h3-12,26H,1-2H3,(H,24,25,27). The smallest absolute Gasteiger partial charge is 0.261 e. The molecule has 158 valence electrons. The van der Waals surface area contributed by atoms with Crippen LogP contribution in [0, 0.1) is 19.7 Å². The van der Waals surface area contributed by atoms with Crippen LogP contribution in [0.4, 0.5) is 15.2 Å². The number of fused-ring (bicyclic) bond motifs is 1. The number of aromatic nitrogens is 1. The van der Waals surface area contributed by atoms with Gasteiger partial charge < -0.3 is 0 Å². The molecule has 0 aliphatic rings. The minimum atomic E-state index is -3.92. The van der Waals surface area contributed by atoms with Gasteiger partial charge in [-0.2, -0.15) is 0 Å². The number of amides is 1. The van der Waals surface area contributed by atoms with Gasteiger partial charge in [-0.05, 0) is 73.5 Å². The van der Waals surface area contributed by atoms with Gasteiger partial charge in [-0.25, -0.2) is 17.8 Å². The lowest BCUT2D eigenvalue weighted by atomic mass is 10.1. The molecule has 31 heavy (non-hydrogen) atoms. The third kappa shape index (κ3) is 4.57. The van der Waals surface area contributed by atoms with Crippen molar-refractivity contribution in [3.05, 3.63) is 83.2 Å². The quantitative estimate of drug-likeness (QED) is 0.438. The van der Waals surface area contributed by atoms with Crippen LogP contribution in [0.25, 0.3) is 10.2 Å². The average Bonchev–Trinajstić information content (AvgIpc) is 3.10. The number of benzene rings is 3. The van der Waals surface area contributed by atoms with Crippen LogP contribution in [0.3, 0.4) is 0 Å². The van der Waals surface area contributed by atoms with Gasteiger partial charge >= 0.3 is 0 Å². The summed E-state index contributed by atoms with van der Waals surface area (Å²) in [6.45, 7) is 3.97. The van der Waals surface area contributed by atoms with Crippen molar-refractivity contribution in [1.29, 1.82) is 0 Å². The number of halogens is 1. The first-order valence-electron chi connectivity index (χ1n) is 9.29. The zero-order chi connectivity index (χ0) is 22.2. The van der Waals surface area contributed by atoms with E-state index in [0.29, 0.717) is 5.13 Å². The van der Waals surface area contributed by atoms with Crippen molar-refractivity contribution in [3.63, 3.8) is 0 Å². The van der Waals surface area contributed by atoms with Gasteiger partial charge in [0, 0.05) is 11.3 Å². The van der Waals surface area contributed by atoms with Gasteiger partial charge in [0.2, 0.25) is 0 Å². The van der Waals surface area contributed by atoms with Crippen molar-refractivity contribution in [2.45, 2.75) is 18.7 Å². The van der Waals surface area contributed by atoms with E-state index < -0.39 is 21.7 Å². The Morgan fingerprint density at radius 1 is 1.03 bits per heavy atom. The van der Waals surface area contributed by atoms with Crippen molar-refractivity contribution >= 4 is 48.3 Å². The van der Waals surface area contributed by atoms with Crippen LogP contribution < -0.4 is 10.0 Å². The summed E-state index contributed by atoms with van der Waals surface area (Å²) >= 11 is 1.38. The van der Waals surface area contributed by atoms with Crippen LogP contribution in [0.5, 0.6) is 0 Å². The first-order valence-corrected chi connectivity index (χ1v) is 11.6. The molecule has 1 heterocycles. The number of hydrogen-bond donors (Lipinski definition) is 2. The van der Waals surface area contributed by atoms with Crippen molar-refractivity contribution in [2.24, 2.45) is 0 Å². The van der Waals surface area contributed by atoms with E-state index in [-0.39, 0.29) is 16.1 Å². The van der Waals surface area contributed by atoms with Crippen LogP contribution in [0.1, 0.15) is 21.5 Å². The number of rotatable bonds is 5. The highest BCUT2D eigenvalue weighted by molar-refractivity contribution is 7.92. The lowest BCUT2D eigenvalue weighted by Crippen LogP contribution is -2.15. The molecule has 0 bridgehead atoms. The lowest BCUT2D eigenvalue weighted by Gasteiger charge is -2.09. The molecule has 0 saturated heterocycles. The number of sulfonamides is 1. The summed E-state index contributed by atoms with van der Waals surface area (Å²) in [5, 5.41) is 3.24. The largest absolute Gasteiger partial charge is 0.298 e. The van der Waals surface area contributed by atoms with Crippen LogP contribution in [0.15, 0.2) is 65.6 Å². The molecule has 1 aromatic heterocycles. The number of aryl methyl sites for hydroxylation is 2. The molecule has 9 heteroatoms. The fourth-order valence-electron chi connectivity index (χ4n) is 3.15. The van der Waals surface area contributed by atoms with Crippen LogP contribution in [-0.4, -0.2) is 19.3 Å². The third-order valence-corrected chi connectivity index (χ3v) is 6.87. The number of anilines is 2. The molecule has 0 fully saturated rings. The van der Waals surface area contributed by atoms with Crippen molar-refractivity contribution in [2.75, 3.05) is 10.0 Å². The molecule has 0 atom stereocenters. The molecule has 2 N–H and O–H groups in total. The zero-order valence-corrected chi connectivity index (χ0v) is 18.3. The molecule has 0 unspecified atom stereocenters. The summed E-state index contributed by atoms with van der Waals surface area (Å²) < 4.78 is 41.5. The molecule has 6 nitrogen and oxygen atoms in total. The molecule has 4 aromatic rings. The number of hydrogen-bond acceptors (Lipinski definition) is 5. The number of carbonyl (C=O) groups is 1. The second-order valence-electron chi connectivity index (χ2n) is 7.04. The Labute approximate surface area is 182 Å². The molecule has 3 aromatic carbocycles. The fourth-order valence-corrected chi connectivity index (χ4v) is 5.23. The molecule has 4 rings (SSSR count). The van der Waals surface area contributed by atoms with Crippen LogP contribution in [-0.2, 0) is 10.0 Å². The molecule has 0 aliphatic heterocycles. The van der Waals surface area contributed by atoms with Gasteiger partial charge in [-0.15, -0.1) is 0 Å². The number of nitrogens with one attached hydrogen (secondary N) is 2. The Balaban J connectivity index is 1.54. The van der Waals surface area contributed by atoms with E-state index in [4.69, 9.17) is 0 Å². The zero-order valence-electron chi connectivity index (χ0n) is 16.6. The molecule has 0 aliphatic carbocycles. The van der Waals surface area contributed by atoms with Gasteiger partial charge in [0.05, 0.1) is 15.1 Å². The number of carbonyl (C=O) groups excluding carboxylic acids is 1. The molecule has 0 radical (unpaired) electrons. The first kappa shape index (κ1) is 21.0. The van der Waals surface area contributed by atoms with E-state index in [1.165, 1.54) is 35.6 Å². The predicted molar refractivity (Wildman–Crippen MR) is 121 cm³/mol. The Morgan fingerprint density at radius 3 is 2.52 bits per heavy atom. The normalized spacial score (nSPS) is 11.5. The van der Waals surface area contributed by atoms with Crippen molar-refractivity contribution in [3.8, 4) is 0 Å². The monoisotopic (exact) mass is 455 g/mol. The Morgan fingerprint density at radius 2 is 1.77 bits per heavy atom. The van der Waals surface area contributed by atoms with E-state index in [1.807, 2.05) is 26.0 Å². The lowest BCUT2D eigenvalue weighted by molar-refractivity contribution is 0.102. The van der Waals surface area contributed by atoms with Gasteiger partial charge in [0.1, 0.15) is 5.82 Å². The summed E-state index contributed by atoms with van der Waals surface area (Å²) in [4.78, 5) is 17.1. The highest BCUT2D eigenvalue weighted by Gasteiger charge is 2.16. The molecular formula is C22H18FN3O3S2. The van der Waals surface area contributed by atoms with Gasteiger partial charge in [-0.3, -0.25) is 14.8 Å². The van der Waals surface area contributed by atoms with E-state index in [2.05, 4.69) is 15.0 Å². The maximum atomic E-state index is 13.1. The third-order valence-electron chi connectivity index (χ3n) is 4.55. The first-order chi connectivity index (χ1) is 14.7. The minimum absolute atomic E-state index is 0.0797. The maximum absolute atomic E-state index is 13.1. The van der Waals surface area contributed by atoms with Crippen molar-refractivity contribution < 1.29 is 17.6 Å². The van der Waals surface area contributed by atoms with Crippen LogP contribution in [0.2, 0.25) is 0 Å². The molecule has 1 amide bonds. The molecule has 0 spiro atoms. The van der Waals surface area contributed by atoms with E-state index in [1.54, 1.807) is 12.1 Å². The summed E-state index contributed by atoms with van der Waals surface area (Å²) in [6.07, 6.45) is 0. The van der Waals surface area contributed by atoms with E-state index >= 15 is 0 Å². The topological polar surface area (TPSA) is 88.2 Å². The fraction of sp³-hybridized carbons (Fsp3) is 0.0909. The van der Waals surface area contributed by atoms with Gasteiger partial charge in [0.15, 0.2) is 5.13 Å². The highest BCUT2D eigenvalue weighted by atomic mass is 32.2. The predicted octanol–water partition coefficient (Wildman–Crippen LogP) is 5.11. The second-order valence-corrected chi connectivity index (χ2v) is 9.75. The maximum Gasteiger partial charge on any atom is 0.261 e. The summed E-state index contributed by atoms with van der Waals surface area (Å²) in [5.41, 5.74) is 3.47. The van der Waals surface area contributed by atoms with E-state index in [0.717, 1.165) is 33.5 Å². The summed E-state index contributed by atoms with van der Waals surface area (Å²) in [7, 11) is -3.92. The number of nitrogens with zero attached hydrogens (tertiary/aromatic N) is 1. The van der Waals surface area contributed by atoms with E-state index in [9.17, 15) is 17.6 Å². The number of thiazole rings is 1. The molecular weight excluding hydrogens is 437 g/mol. The SMILES string of the molecule is Cc1cc(C)c2nc(NC(=O)c3cccc(NS(=O)(=O)c4ccc(F)cc4)c3)sc2c1. The van der Waals surface area contributed by atoms with Gasteiger partial charge in [0.25, 0.3) is 15.9 Å². The van der Waals surface area contributed by atoms with Crippen molar-refractivity contribution in [1.82, 2.24) is 4.98 Å². The Bertz CT molecular complexity index is 1400. The molecule has 0 saturated carbocycles. The Hall–Kier alpha value is -3.30. The minimum Gasteiger partial charge on any atom is -0.298 e. The highest BCUT2D eigenvalue weighted by Crippen LogP contribution is 2.29. The Kier molecular flexibility index (Phi) is 5.47. The van der Waals surface area contributed by atoms with Crippen LogP contribution >= 0.6 is 11.3 Å². The second kappa shape index (κ2) is 8.09. The summed E-state index contributed by atoms with van der Waals surface area (Å²) in [6, 6.07) is 14.6. The average molecular weight is 456 g/mol. The summed E-state index contributed by atoms with van der Waals surface area (Å²) in [5.74, 6) is -0.936.